The Labute approximate surface area is 161 Å². The van der Waals surface area contributed by atoms with Crippen molar-refractivity contribution < 1.29 is 18.8 Å². The molecule has 0 spiro atoms. The molecule has 0 radical (unpaired) electrons. The van der Waals surface area contributed by atoms with E-state index in [4.69, 9.17) is 27.6 Å². The van der Waals surface area contributed by atoms with E-state index in [2.05, 4.69) is 32.1 Å². The van der Waals surface area contributed by atoms with E-state index in [0.29, 0.717) is 20.4 Å². The zero-order chi connectivity index (χ0) is 18.4. The first-order valence-electron chi connectivity index (χ1n) is 6.94. The Kier molecular flexibility index (Phi) is 6.86. The first-order chi connectivity index (χ1) is 11.8. The molecule has 7 nitrogen and oxygen atoms in total. The van der Waals surface area contributed by atoms with Gasteiger partial charge in [-0.1, -0.05) is 23.2 Å². The molecule has 0 unspecified atom stereocenters. The summed E-state index contributed by atoms with van der Waals surface area (Å²) in [5, 5.41) is 3.31. The molecular weight excluding hydrogens is 437 g/mol. The zero-order valence-corrected chi connectivity index (χ0v) is 15.7. The van der Waals surface area contributed by atoms with E-state index < -0.39 is 17.7 Å². The van der Waals surface area contributed by atoms with Gasteiger partial charge in [0, 0.05) is 17.9 Å². The van der Waals surface area contributed by atoms with Gasteiger partial charge in [0.15, 0.2) is 10.4 Å². The van der Waals surface area contributed by atoms with Crippen LogP contribution >= 0.6 is 39.1 Å². The molecule has 0 atom stereocenters. The van der Waals surface area contributed by atoms with E-state index in [9.17, 15) is 14.4 Å². The highest BCUT2D eigenvalue weighted by Crippen LogP contribution is 2.25. The van der Waals surface area contributed by atoms with Crippen molar-refractivity contribution >= 4 is 62.5 Å². The Morgan fingerprint density at radius 3 is 2.36 bits per heavy atom. The average molecular weight is 449 g/mol. The monoisotopic (exact) mass is 447 g/mol. The molecule has 0 fully saturated rings. The van der Waals surface area contributed by atoms with Gasteiger partial charge in [-0.25, -0.2) is 0 Å². The number of hydrogen-bond acceptors (Lipinski definition) is 4. The lowest BCUT2D eigenvalue weighted by Gasteiger charge is -2.08. The number of benzene rings is 1. The second-order valence-corrected chi connectivity index (χ2v) is 6.40. The Balaban J connectivity index is 1.74. The number of anilines is 1. The number of halogens is 3. The summed E-state index contributed by atoms with van der Waals surface area (Å²) in [6, 6.07) is 7.62. The van der Waals surface area contributed by atoms with Crippen molar-refractivity contribution in [2.24, 2.45) is 0 Å². The smallest absolute Gasteiger partial charge is 0.305 e. The topological polar surface area (TPSA) is 100 Å². The molecule has 0 aliphatic heterocycles. The largest absolute Gasteiger partial charge is 0.444 e. The predicted octanol–water partition coefficient (Wildman–Crippen LogP) is 3.53. The number of carbonyl (C=O) groups excluding carboxylic acids is 3. The number of nitrogens with one attached hydrogen (secondary N) is 3. The summed E-state index contributed by atoms with van der Waals surface area (Å²) in [4.78, 5) is 35.2. The number of amides is 3. The van der Waals surface area contributed by atoms with Gasteiger partial charge in [0.2, 0.25) is 11.8 Å². The van der Waals surface area contributed by atoms with Crippen molar-refractivity contribution in [2.45, 2.75) is 12.8 Å². The van der Waals surface area contributed by atoms with Gasteiger partial charge < -0.3 is 9.73 Å². The zero-order valence-electron chi connectivity index (χ0n) is 12.6. The molecule has 0 saturated carbocycles. The molecule has 25 heavy (non-hydrogen) atoms. The third-order valence-corrected chi connectivity index (χ3v) is 3.87. The van der Waals surface area contributed by atoms with E-state index in [1.807, 2.05) is 0 Å². The fourth-order valence-corrected chi connectivity index (χ4v) is 2.48. The molecule has 0 saturated heterocycles. The third-order valence-electron chi connectivity index (χ3n) is 2.90. The van der Waals surface area contributed by atoms with Crippen molar-refractivity contribution in [1.29, 1.82) is 0 Å². The van der Waals surface area contributed by atoms with E-state index in [1.165, 1.54) is 12.1 Å². The van der Waals surface area contributed by atoms with Crippen LogP contribution in [0.1, 0.15) is 23.4 Å². The number of furan rings is 1. The second-order valence-electron chi connectivity index (χ2n) is 4.78. The van der Waals surface area contributed by atoms with Crippen molar-refractivity contribution in [3.63, 3.8) is 0 Å². The van der Waals surface area contributed by atoms with Crippen molar-refractivity contribution in [3.8, 4) is 0 Å². The molecule has 1 aromatic carbocycles. The molecule has 10 heteroatoms. The Morgan fingerprint density at radius 2 is 1.72 bits per heavy atom. The number of rotatable bonds is 5. The molecule has 2 rings (SSSR count). The van der Waals surface area contributed by atoms with Crippen LogP contribution in [0.2, 0.25) is 10.0 Å². The molecule has 0 aliphatic carbocycles. The minimum absolute atomic E-state index is 0.0299. The normalized spacial score (nSPS) is 10.2. The minimum Gasteiger partial charge on any atom is -0.444 e. The SMILES string of the molecule is O=C(CCC(=O)Nc1ccc(Cl)cc1Cl)NNC(=O)c1ccc(Br)o1. The summed E-state index contributed by atoms with van der Waals surface area (Å²) in [7, 11) is 0. The molecule has 3 amide bonds. The summed E-state index contributed by atoms with van der Waals surface area (Å²) < 4.78 is 5.42. The fourth-order valence-electron chi connectivity index (χ4n) is 1.72. The van der Waals surface area contributed by atoms with Crippen LogP contribution in [-0.4, -0.2) is 17.7 Å². The van der Waals surface area contributed by atoms with E-state index >= 15 is 0 Å². The van der Waals surface area contributed by atoms with Crippen molar-refractivity contribution in [1.82, 2.24) is 10.9 Å². The lowest BCUT2D eigenvalue weighted by molar-refractivity contribution is -0.124. The van der Waals surface area contributed by atoms with Crippen LogP contribution < -0.4 is 16.2 Å². The molecule has 0 aliphatic rings. The van der Waals surface area contributed by atoms with Crippen molar-refractivity contribution in [3.05, 3.63) is 50.8 Å². The molecule has 1 aromatic heterocycles. The van der Waals surface area contributed by atoms with Gasteiger partial charge >= 0.3 is 5.91 Å². The molecule has 1 heterocycles. The highest BCUT2D eigenvalue weighted by Gasteiger charge is 2.13. The van der Waals surface area contributed by atoms with E-state index in [-0.39, 0.29) is 18.6 Å². The lowest BCUT2D eigenvalue weighted by atomic mass is 10.2. The van der Waals surface area contributed by atoms with Crippen LogP contribution in [0.3, 0.4) is 0 Å². The molecule has 0 bridgehead atoms. The number of hydrogen-bond donors (Lipinski definition) is 3. The van der Waals surface area contributed by atoms with Crippen LogP contribution in [-0.2, 0) is 9.59 Å². The Bertz CT molecular complexity index is 810. The summed E-state index contributed by atoms with van der Waals surface area (Å²) in [6.45, 7) is 0. The van der Waals surface area contributed by atoms with Crippen LogP contribution in [0.25, 0.3) is 0 Å². The van der Waals surface area contributed by atoms with Gasteiger partial charge in [0.25, 0.3) is 0 Å². The van der Waals surface area contributed by atoms with Gasteiger partial charge in [-0.3, -0.25) is 25.2 Å². The first-order valence-corrected chi connectivity index (χ1v) is 8.49. The maximum absolute atomic E-state index is 11.8. The summed E-state index contributed by atoms with van der Waals surface area (Å²) in [5.74, 6) is -1.52. The van der Waals surface area contributed by atoms with Crippen LogP contribution in [0.5, 0.6) is 0 Å². The highest BCUT2D eigenvalue weighted by molar-refractivity contribution is 9.10. The van der Waals surface area contributed by atoms with Gasteiger partial charge in [-0.2, -0.15) is 0 Å². The Hall–Kier alpha value is -2.03. The third kappa shape index (κ3) is 6.08. The molecular formula is C15H12BrCl2N3O4. The number of carbonyl (C=O) groups is 3. The summed E-state index contributed by atoms with van der Waals surface area (Å²) in [6.07, 6.45) is -0.216. The fraction of sp³-hybridized carbons (Fsp3) is 0.133. The van der Waals surface area contributed by atoms with Gasteiger partial charge in [0.1, 0.15) is 0 Å². The van der Waals surface area contributed by atoms with Crippen LogP contribution in [0.4, 0.5) is 5.69 Å². The van der Waals surface area contributed by atoms with E-state index in [1.54, 1.807) is 18.2 Å². The highest BCUT2D eigenvalue weighted by atomic mass is 79.9. The number of hydrazine groups is 1. The van der Waals surface area contributed by atoms with Crippen LogP contribution in [0, 0.1) is 0 Å². The standard InChI is InChI=1S/C15H12BrCl2N3O4/c16-12-4-3-11(25-12)15(24)21-20-14(23)6-5-13(22)19-10-2-1-8(17)7-9(10)18/h1-4,7H,5-6H2,(H,19,22)(H,20,23)(H,21,24). The quantitative estimate of drug-likeness (QED) is 0.609. The lowest BCUT2D eigenvalue weighted by Crippen LogP contribution is -2.41. The van der Waals surface area contributed by atoms with Gasteiger partial charge in [0.05, 0.1) is 10.7 Å². The molecule has 132 valence electrons. The van der Waals surface area contributed by atoms with Crippen molar-refractivity contribution in [2.75, 3.05) is 5.32 Å². The summed E-state index contributed by atoms with van der Waals surface area (Å²) in [5.41, 5.74) is 4.77. The maximum atomic E-state index is 11.8. The maximum Gasteiger partial charge on any atom is 0.305 e. The summed E-state index contributed by atoms with van der Waals surface area (Å²) >= 11 is 14.8. The first kappa shape index (κ1) is 19.3. The van der Waals surface area contributed by atoms with Gasteiger partial charge in [-0.05, 0) is 46.3 Å². The Morgan fingerprint density at radius 1 is 1.00 bits per heavy atom. The molecule has 2 aromatic rings. The van der Waals surface area contributed by atoms with Gasteiger partial charge in [-0.15, -0.1) is 0 Å². The average Bonchev–Trinajstić information content (AvgIpc) is 3.00. The molecule has 3 N–H and O–H groups in total. The second kappa shape index (κ2) is 8.89. The van der Waals surface area contributed by atoms with E-state index in [0.717, 1.165) is 0 Å². The van der Waals surface area contributed by atoms with Crippen LogP contribution in [0.15, 0.2) is 39.4 Å². The predicted molar refractivity (Wildman–Crippen MR) is 96.3 cm³/mol. The minimum atomic E-state index is -0.614.